The minimum absolute atomic E-state index is 0.188. The van der Waals surface area contributed by atoms with Gasteiger partial charge in [0.2, 0.25) is 0 Å². The molecule has 0 radical (unpaired) electrons. The first-order valence-corrected chi connectivity index (χ1v) is 9.51. The summed E-state index contributed by atoms with van der Waals surface area (Å²) < 4.78 is 3.41. The van der Waals surface area contributed by atoms with Crippen LogP contribution in [0, 0.1) is 0 Å². The molecule has 2 aromatic heterocycles. The van der Waals surface area contributed by atoms with Crippen molar-refractivity contribution in [3.05, 3.63) is 66.3 Å². The number of hydrogen-bond acceptors (Lipinski definition) is 4. The molecule has 3 heterocycles. The van der Waals surface area contributed by atoms with Gasteiger partial charge in [-0.15, -0.1) is 0 Å². The summed E-state index contributed by atoms with van der Waals surface area (Å²) in [6, 6.07) is 7.34. The van der Waals surface area contributed by atoms with E-state index in [1.165, 1.54) is 4.68 Å². The van der Waals surface area contributed by atoms with Crippen molar-refractivity contribution in [3.63, 3.8) is 0 Å². The molecule has 3 aromatic rings. The first-order chi connectivity index (χ1) is 14.1. The monoisotopic (exact) mass is 390 g/mol. The third-order valence-corrected chi connectivity index (χ3v) is 4.69. The SMILES string of the molecule is Cn1cc2c(n1)C(=O)NC/C=C\CCCn1cc(cn1)-c1cccc(c1)C(=O)N2. The molecule has 0 spiro atoms. The highest BCUT2D eigenvalue weighted by Crippen LogP contribution is 2.21. The van der Waals surface area contributed by atoms with Crippen LogP contribution in [0.1, 0.15) is 33.7 Å². The van der Waals surface area contributed by atoms with Crippen molar-refractivity contribution < 1.29 is 9.59 Å². The highest BCUT2D eigenvalue weighted by atomic mass is 16.2. The fourth-order valence-corrected chi connectivity index (χ4v) is 3.22. The smallest absolute Gasteiger partial charge is 0.274 e. The van der Waals surface area contributed by atoms with Crippen molar-refractivity contribution in [2.24, 2.45) is 7.05 Å². The van der Waals surface area contributed by atoms with Gasteiger partial charge in [0, 0.05) is 43.7 Å². The second-order valence-corrected chi connectivity index (χ2v) is 6.92. The number of nitrogens with one attached hydrogen (secondary N) is 2. The summed E-state index contributed by atoms with van der Waals surface area (Å²) in [6.07, 6.45) is 11.2. The molecule has 148 valence electrons. The first-order valence-electron chi connectivity index (χ1n) is 9.51. The lowest BCUT2D eigenvalue weighted by atomic mass is 10.1. The number of aryl methyl sites for hydroxylation is 2. The maximum atomic E-state index is 12.8. The number of rotatable bonds is 0. The van der Waals surface area contributed by atoms with Crippen LogP contribution in [0.25, 0.3) is 11.1 Å². The van der Waals surface area contributed by atoms with Crippen molar-refractivity contribution in [2.45, 2.75) is 19.4 Å². The maximum absolute atomic E-state index is 12.8. The van der Waals surface area contributed by atoms with Crippen LogP contribution in [-0.4, -0.2) is 37.9 Å². The Labute approximate surface area is 168 Å². The van der Waals surface area contributed by atoms with Gasteiger partial charge in [0.25, 0.3) is 11.8 Å². The number of allylic oxidation sites excluding steroid dienone is 1. The number of amides is 2. The van der Waals surface area contributed by atoms with Gasteiger partial charge in [0.1, 0.15) is 0 Å². The molecule has 0 atom stereocenters. The van der Waals surface area contributed by atoms with Gasteiger partial charge in [0.05, 0.1) is 11.9 Å². The van der Waals surface area contributed by atoms with E-state index in [0.29, 0.717) is 17.8 Å². The van der Waals surface area contributed by atoms with Crippen LogP contribution < -0.4 is 10.6 Å². The van der Waals surface area contributed by atoms with Crippen molar-refractivity contribution in [1.82, 2.24) is 24.9 Å². The molecule has 4 rings (SSSR count). The molecular formula is C21H22N6O2. The summed E-state index contributed by atoms with van der Waals surface area (Å²) >= 11 is 0. The Morgan fingerprint density at radius 3 is 2.79 bits per heavy atom. The summed E-state index contributed by atoms with van der Waals surface area (Å²) in [5.74, 6) is -0.634. The number of fused-ring (bicyclic) bond motifs is 6. The maximum Gasteiger partial charge on any atom is 0.274 e. The summed E-state index contributed by atoms with van der Waals surface area (Å²) in [5, 5.41) is 14.2. The second-order valence-electron chi connectivity index (χ2n) is 6.92. The Balaban J connectivity index is 1.68. The van der Waals surface area contributed by atoms with Gasteiger partial charge in [-0.25, -0.2) is 0 Å². The van der Waals surface area contributed by atoms with Crippen molar-refractivity contribution >= 4 is 17.5 Å². The molecule has 29 heavy (non-hydrogen) atoms. The number of hydrogen-bond donors (Lipinski definition) is 2. The zero-order chi connectivity index (χ0) is 20.2. The van der Waals surface area contributed by atoms with Crippen LogP contribution in [0.2, 0.25) is 0 Å². The number of benzene rings is 1. The van der Waals surface area contributed by atoms with E-state index in [0.717, 1.165) is 30.5 Å². The van der Waals surface area contributed by atoms with E-state index in [2.05, 4.69) is 20.8 Å². The van der Waals surface area contributed by atoms with Crippen molar-refractivity contribution in [3.8, 4) is 11.1 Å². The third kappa shape index (κ3) is 4.26. The predicted molar refractivity (Wildman–Crippen MR) is 110 cm³/mol. The van der Waals surface area contributed by atoms with Crippen LogP contribution in [0.5, 0.6) is 0 Å². The molecule has 2 amide bonds. The lowest BCUT2D eigenvalue weighted by Gasteiger charge is -2.07. The lowest BCUT2D eigenvalue weighted by molar-refractivity contribution is 0.0953. The fourth-order valence-electron chi connectivity index (χ4n) is 3.22. The molecule has 1 aromatic carbocycles. The van der Waals surface area contributed by atoms with Crippen LogP contribution >= 0.6 is 0 Å². The molecule has 0 fully saturated rings. The summed E-state index contributed by atoms with van der Waals surface area (Å²) in [4.78, 5) is 25.3. The van der Waals surface area contributed by atoms with E-state index >= 15 is 0 Å². The summed E-state index contributed by atoms with van der Waals surface area (Å²) in [5.41, 5.74) is 2.92. The molecule has 2 N–H and O–H groups in total. The lowest BCUT2D eigenvalue weighted by Crippen LogP contribution is -2.25. The zero-order valence-corrected chi connectivity index (χ0v) is 16.1. The standard InChI is InChI=1S/C21H22N6O2/c1-26-14-18-19(25-26)21(29)22-9-4-2-3-5-10-27-13-17(12-23-27)15-7-6-8-16(11-15)20(28)24-18/h2,4,6-8,11-14H,3,5,9-10H2,1H3,(H,22,29)(H,24,28)/b4-2-. The van der Waals surface area contributed by atoms with Crippen molar-refractivity contribution in [1.29, 1.82) is 0 Å². The van der Waals surface area contributed by atoms with Crippen LogP contribution in [0.3, 0.4) is 0 Å². The first kappa shape index (κ1) is 18.7. The minimum Gasteiger partial charge on any atom is -0.347 e. The van der Waals surface area contributed by atoms with E-state index in [1.54, 1.807) is 19.3 Å². The molecule has 8 heteroatoms. The summed E-state index contributed by atoms with van der Waals surface area (Å²) in [6.45, 7) is 1.20. The average molecular weight is 390 g/mol. The third-order valence-electron chi connectivity index (χ3n) is 4.69. The molecular weight excluding hydrogens is 368 g/mol. The van der Waals surface area contributed by atoms with E-state index in [4.69, 9.17) is 0 Å². The largest absolute Gasteiger partial charge is 0.347 e. The number of anilines is 1. The van der Waals surface area contributed by atoms with Crippen LogP contribution in [0.15, 0.2) is 55.0 Å². The molecule has 1 aliphatic rings. The normalized spacial score (nSPS) is 16.2. The van der Waals surface area contributed by atoms with E-state index in [9.17, 15) is 9.59 Å². The van der Waals surface area contributed by atoms with E-state index < -0.39 is 0 Å². The molecule has 4 bridgehead atoms. The van der Waals surface area contributed by atoms with Crippen LogP contribution in [0.4, 0.5) is 5.69 Å². The van der Waals surface area contributed by atoms with E-state index in [-0.39, 0.29) is 17.5 Å². The van der Waals surface area contributed by atoms with Gasteiger partial charge in [-0.1, -0.05) is 24.3 Å². The highest BCUT2D eigenvalue weighted by molar-refractivity contribution is 6.08. The molecule has 1 aliphatic heterocycles. The highest BCUT2D eigenvalue weighted by Gasteiger charge is 2.18. The quantitative estimate of drug-likeness (QED) is 0.577. The van der Waals surface area contributed by atoms with Gasteiger partial charge < -0.3 is 10.6 Å². The average Bonchev–Trinajstić information content (AvgIpc) is 3.33. The number of nitrogens with zero attached hydrogens (tertiary/aromatic N) is 4. The fraction of sp³-hybridized carbons (Fsp3) is 0.238. The molecule has 0 saturated carbocycles. The van der Waals surface area contributed by atoms with Crippen LogP contribution in [-0.2, 0) is 13.6 Å². The Morgan fingerprint density at radius 2 is 1.90 bits per heavy atom. The van der Waals surface area contributed by atoms with Gasteiger partial charge in [-0.2, -0.15) is 10.2 Å². The molecule has 0 aliphatic carbocycles. The Morgan fingerprint density at radius 1 is 1.03 bits per heavy atom. The van der Waals surface area contributed by atoms with Gasteiger partial charge in [-0.05, 0) is 30.5 Å². The van der Waals surface area contributed by atoms with E-state index in [1.807, 2.05) is 47.4 Å². The molecule has 0 saturated heterocycles. The predicted octanol–water partition coefficient (Wildman–Crippen LogP) is 2.62. The number of carbonyl (C=O) groups excluding carboxylic acids is 2. The Hall–Kier alpha value is -3.68. The zero-order valence-electron chi connectivity index (χ0n) is 16.1. The summed E-state index contributed by atoms with van der Waals surface area (Å²) in [7, 11) is 1.71. The second kappa shape index (κ2) is 8.14. The topological polar surface area (TPSA) is 93.8 Å². The van der Waals surface area contributed by atoms with Crippen molar-refractivity contribution in [2.75, 3.05) is 11.9 Å². The van der Waals surface area contributed by atoms with Gasteiger partial charge >= 0.3 is 0 Å². The van der Waals surface area contributed by atoms with Gasteiger partial charge in [0.15, 0.2) is 5.69 Å². The minimum atomic E-state index is -0.330. The molecule has 8 nitrogen and oxygen atoms in total. The Kier molecular flexibility index (Phi) is 5.24. The molecule has 0 unspecified atom stereocenters. The number of carbonyl (C=O) groups is 2. The number of aromatic nitrogens is 4. The van der Waals surface area contributed by atoms with Gasteiger partial charge in [-0.3, -0.25) is 19.0 Å². The Bertz CT molecular complexity index is 1080.